The number of benzene rings is 2. The van der Waals surface area contributed by atoms with E-state index in [0.29, 0.717) is 22.9 Å². The van der Waals surface area contributed by atoms with Gasteiger partial charge in [0.2, 0.25) is 0 Å². The fourth-order valence-corrected chi connectivity index (χ4v) is 3.17. The average Bonchev–Trinajstić information content (AvgIpc) is 3.13. The molecule has 2 amide bonds. The third-order valence-corrected chi connectivity index (χ3v) is 4.55. The van der Waals surface area contributed by atoms with Gasteiger partial charge in [0.15, 0.2) is 0 Å². The number of para-hydroxylation sites is 1. The van der Waals surface area contributed by atoms with E-state index in [0.717, 1.165) is 22.2 Å². The summed E-state index contributed by atoms with van der Waals surface area (Å²) in [7, 11) is 3.11. The highest BCUT2D eigenvalue weighted by molar-refractivity contribution is 6.10. The van der Waals surface area contributed by atoms with Gasteiger partial charge in [0.05, 0.1) is 31.3 Å². The monoisotopic (exact) mass is 388 g/mol. The van der Waals surface area contributed by atoms with E-state index in [1.165, 1.54) is 7.11 Å². The smallest absolute Gasteiger partial charge is 0.323 e. The van der Waals surface area contributed by atoms with Gasteiger partial charge in [-0.15, -0.1) is 0 Å². The predicted octanol–water partition coefficient (Wildman–Crippen LogP) is 4.89. The highest BCUT2D eigenvalue weighted by Gasteiger charge is 2.16. The topological polar surface area (TPSA) is 88.3 Å². The van der Waals surface area contributed by atoms with Gasteiger partial charge in [0, 0.05) is 34.9 Å². The number of carbonyl (C=O) groups is 1. The first kappa shape index (κ1) is 18.4. The molecular weight excluding hydrogens is 368 g/mol. The van der Waals surface area contributed by atoms with Crippen LogP contribution in [0.15, 0.2) is 67.0 Å². The summed E-state index contributed by atoms with van der Waals surface area (Å²) in [4.78, 5) is 20.3. The Morgan fingerprint density at radius 1 is 1.00 bits per heavy atom. The van der Waals surface area contributed by atoms with Crippen molar-refractivity contribution in [1.82, 2.24) is 9.97 Å². The van der Waals surface area contributed by atoms with Gasteiger partial charge in [-0.25, -0.2) is 4.79 Å². The zero-order chi connectivity index (χ0) is 20.2. The van der Waals surface area contributed by atoms with Crippen molar-refractivity contribution in [3.63, 3.8) is 0 Å². The van der Waals surface area contributed by atoms with Crippen LogP contribution in [-0.2, 0) is 0 Å². The van der Waals surface area contributed by atoms with Crippen molar-refractivity contribution >= 4 is 28.3 Å². The Balaban J connectivity index is 1.67. The normalized spacial score (nSPS) is 10.6. The maximum Gasteiger partial charge on any atom is 0.323 e. The van der Waals surface area contributed by atoms with E-state index < -0.39 is 0 Å². The van der Waals surface area contributed by atoms with E-state index in [-0.39, 0.29) is 6.03 Å². The molecule has 7 heteroatoms. The number of anilines is 2. The van der Waals surface area contributed by atoms with E-state index >= 15 is 0 Å². The van der Waals surface area contributed by atoms with Gasteiger partial charge in [-0.05, 0) is 30.3 Å². The van der Waals surface area contributed by atoms with Crippen LogP contribution in [0.2, 0.25) is 0 Å². The molecule has 0 aliphatic rings. The van der Waals surface area contributed by atoms with Crippen molar-refractivity contribution in [3.05, 3.63) is 67.0 Å². The number of nitrogens with one attached hydrogen (secondary N) is 3. The summed E-state index contributed by atoms with van der Waals surface area (Å²) in [5.74, 6) is 1.15. The fourth-order valence-electron chi connectivity index (χ4n) is 3.17. The molecule has 0 unspecified atom stereocenters. The Labute approximate surface area is 167 Å². The molecular formula is C22H20N4O3. The quantitative estimate of drug-likeness (QED) is 0.454. The van der Waals surface area contributed by atoms with Crippen molar-refractivity contribution in [2.75, 3.05) is 24.9 Å². The number of H-pyrrole nitrogens is 1. The second-order valence-corrected chi connectivity index (χ2v) is 6.31. The number of hydrogen-bond acceptors (Lipinski definition) is 4. The molecule has 29 heavy (non-hydrogen) atoms. The average molecular weight is 388 g/mol. The lowest BCUT2D eigenvalue weighted by Gasteiger charge is -2.13. The van der Waals surface area contributed by atoms with E-state index in [4.69, 9.17) is 9.47 Å². The molecule has 2 aromatic heterocycles. The third kappa shape index (κ3) is 3.70. The molecule has 0 aliphatic carbocycles. The van der Waals surface area contributed by atoms with Crippen molar-refractivity contribution < 1.29 is 14.3 Å². The van der Waals surface area contributed by atoms with Crippen LogP contribution in [0.5, 0.6) is 11.5 Å². The van der Waals surface area contributed by atoms with Gasteiger partial charge in [-0.1, -0.05) is 18.2 Å². The number of ether oxygens (including phenoxy) is 2. The Bertz CT molecular complexity index is 1160. The predicted molar refractivity (Wildman–Crippen MR) is 114 cm³/mol. The fraction of sp³-hybridized carbons (Fsp3) is 0.0909. The molecule has 0 fully saturated rings. The first-order chi connectivity index (χ1) is 14.2. The van der Waals surface area contributed by atoms with Crippen molar-refractivity contribution in [2.24, 2.45) is 0 Å². The zero-order valence-corrected chi connectivity index (χ0v) is 16.0. The van der Waals surface area contributed by atoms with Crippen molar-refractivity contribution in [3.8, 4) is 22.8 Å². The van der Waals surface area contributed by atoms with Crippen LogP contribution in [-0.4, -0.2) is 30.2 Å². The van der Waals surface area contributed by atoms with Crippen LogP contribution < -0.4 is 20.1 Å². The summed E-state index contributed by atoms with van der Waals surface area (Å²) in [6.45, 7) is 0. The Morgan fingerprint density at radius 2 is 1.86 bits per heavy atom. The SMILES string of the molecule is COc1ccc(NC(=O)Nc2c(-c3cccnc3)[nH]c3ccccc23)c(OC)c1. The highest BCUT2D eigenvalue weighted by Crippen LogP contribution is 2.35. The number of fused-ring (bicyclic) bond motifs is 1. The summed E-state index contributed by atoms with van der Waals surface area (Å²) in [5.41, 5.74) is 3.80. The largest absolute Gasteiger partial charge is 0.497 e. The van der Waals surface area contributed by atoms with Gasteiger partial charge in [-0.3, -0.25) is 4.98 Å². The van der Waals surface area contributed by atoms with Crippen LogP contribution in [0.3, 0.4) is 0 Å². The molecule has 2 aromatic carbocycles. The molecule has 7 nitrogen and oxygen atoms in total. The molecule has 3 N–H and O–H groups in total. The number of hydrogen-bond donors (Lipinski definition) is 3. The maximum atomic E-state index is 12.8. The van der Waals surface area contributed by atoms with Crippen LogP contribution in [0.4, 0.5) is 16.2 Å². The summed E-state index contributed by atoms with van der Waals surface area (Å²) in [6.07, 6.45) is 3.46. The standard InChI is InChI=1S/C22H20N4O3/c1-28-15-9-10-18(19(12-15)29-2)25-22(27)26-21-16-7-3-4-8-17(16)24-20(21)14-6-5-11-23-13-14/h3-13,24H,1-2H3,(H2,25,26,27). The second-order valence-electron chi connectivity index (χ2n) is 6.31. The molecule has 0 bridgehead atoms. The molecule has 0 aliphatic heterocycles. The minimum atomic E-state index is -0.386. The van der Waals surface area contributed by atoms with Gasteiger partial charge in [0.25, 0.3) is 0 Å². The number of rotatable bonds is 5. The number of pyridine rings is 1. The van der Waals surface area contributed by atoms with Crippen molar-refractivity contribution in [1.29, 1.82) is 0 Å². The molecule has 0 saturated carbocycles. The van der Waals surface area contributed by atoms with Crippen LogP contribution in [0, 0.1) is 0 Å². The van der Waals surface area contributed by atoms with E-state index in [9.17, 15) is 4.79 Å². The first-order valence-corrected chi connectivity index (χ1v) is 9.00. The number of urea groups is 1. The molecule has 2 heterocycles. The second kappa shape index (κ2) is 7.93. The summed E-state index contributed by atoms with van der Waals surface area (Å²) in [6, 6.07) is 16.4. The minimum absolute atomic E-state index is 0.386. The summed E-state index contributed by atoms with van der Waals surface area (Å²) < 4.78 is 10.5. The lowest BCUT2D eigenvalue weighted by atomic mass is 10.1. The lowest BCUT2D eigenvalue weighted by molar-refractivity contribution is 0.262. The Hall–Kier alpha value is -4.00. The molecule has 4 aromatic rings. The lowest BCUT2D eigenvalue weighted by Crippen LogP contribution is -2.20. The van der Waals surface area contributed by atoms with E-state index in [2.05, 4.69) is 20.6 Å². The number of nitrogens with zero attached hydrogens (tertiary/aromatic N) is 1. The molecule has 0 radical (unpaired) electrons. The Morgan fingerprint density at radius 3 is 2.62 bits per heavy atom. The molecule has 0 saturated heterocycles. The number of methoxy groups -OCH3 is 2. The van der Waals surface area contributed by atoms with Crippen LogP contribution in [0.1, 0.15) is 0 Å². The summed E-state index contributed by atoms with van der Waals surface area (Å²) >= 11 is 0. The number of carbonyl (C=O) groups excluding carboxylic acids is 1. The molecule has 146 valence electrons. The third-order valence-electron chi connectivity index (χ3n) is 4.55. The van der Waals surface area contributed by atoms with Gasteiger partial charge < -0.3 is 25.1 Å². The van der Waals surface area contributed by atoms with Gasteiger partial charge >= 0.3 is 6.03 Å². The molecule has 0 atom stereocenters. The minimum Gasteiger partial charge on any atom is -0.497 e. The van der Waals surface area contributed by atoms with Crippen molar-refractivity contribution in [2.45, 2.75) is 0 Å². The van der Waals surface area contributed by atoms with Crippen LogP contribution in [0.25, 0.3) is 22.2 Å². The number of aromatic nitrogens is 2. The number of aromatic amines is 1. The zero-order valence-electron chi connectivity index (χ0n) is 16.0. The molecule has 0 spiro atoms. The van der Waals surface area contributed by atoms with Crippen LogP contribution >= 0.6 is 0 Å². The van der Waals surface area contributed by atoms with Gasteiger partial charge in [-0.2, -0.15) is 0 Å². The first-order valence-electron chi connectivity index (χ1n) is 9.00. The number of amides is 2. The highest BCUT2D eigenvalue weighted by atomic mass is 16.5. The van der Waals surface area contributed by atoms with E-state index in [1.807, 2.05) is 36.4 Å². The maximum absolute atomic E-state index is 12.8. The Kier molecular flexibility index (Phi) is 5.03. The van der Waals surface area contributed by atoms with E-state index in [1.54, 1.807) is 37.7 Å². The molecule has 4 rings (SSSR count). The summed E-state index contributed by atoms with van der Waals surface area (Å²) in [5, 5.41) is 6.70. The van der Waals surface area contributed by atoms with Gasteiger partial charge in [0.1, 0.15) is 11.5 Å².